The van der Waals surface area contributed by atoms with Gasteiger partial charge in [-0.25, -0.2) is 5.84 Å². The molecule has 7 nitrogen and oxygen atoms in total. The number of hydrogen-bond acceptors (Lipinski definition) is 7. The van der Waals surface area contributed by atoms with E-state index in [0.717, 1.165) is 0 Å². The maximum absolute atomic E-state index is 5.57. The summed E-state index contributed by atoms with van der Waals surface area (Å²) >= 11 is 0. The van der Waals surface area contributed by atoms with Gasteiger partial charge < -0.3 is 9.47 Å². The van der Waals surface area contributed by atoms with Crippen LogP contribution < -0.4 is 20.7 Å². The van der Waals surface area contributed by atoms with Crippen LogP contribution in [0.4, 0.5) is 5.95 Å². The van der Waals surface area contributed by atoms with Gasteiger partial charge in [0.1, 0.15) is 6.10 Å². The molecule has 3 N–H and O–H groups in total. The zero-order chi connectivity index (χ0) is 12.8. The Hall–Kier alpha value is -1.63. The van der Waals surface area contributed by atoms with Gasteiger partial charge in [-0.1, -0.05) is 13.8 Å². The number of ether oxygens (including phenoxy) is 2. The van der Waals surface area contributed by atoms with Gasteiger partial charge in [-0.3, -0.25) is 5.43 Å². The summed E-state index contributed by atoms with van der Waals surface area (Å²) in [5.74, 6) is 5.84. The zero-order valence-corrected chi connectivity index (χ0v) is 10.6. The van der Waals surface area contributed by atoms with Gasteiger partial charge in [-0.15, -0.1) is 4.98 Å². The Morgan fingerprint density at radius 3 is 2.35 bits per heavy atom. The van der Waals surface area contributed by atoms with Crippen molar-refractivity contribution in [2.75, 3.05) is 12.0 Å². The smallest absolute Gasteiger partial charge is 0.324 e. The number of nitrogens with zero attached hydrogens (tertiary/aromatic N) is 3. The SMILES string of the molecule is CCOc1nc(NN)nc(OC(C)C(C)C)n1. The molecule has 0 aromatic carbocycles. The minimum atomic E-state index is -0.00231. The van der Waals surface area contributed by atoms with Crippen LogP contribution in [-0.2, 0) is 0 Å². The van der Waals surface area contributed by atoms with Gasteiger partial charge in [0.15, 0.2) is 0 Å². The fraction of sp³-hybridized carbons (Fsp3) is 0.700. The quantitative estimate of drug-likeness (QED) is 0.566. The van der Waals surface area contributed by atoms with Crippen molar-refractivity contribution in [1.29, 1.82) is 0 Å². The third-order valence-corrected chi connectivity index (χ3v) is 2.23. The third-order valence-electron chi connectivity index (χ3n) is 2.23. The first-order valence-electron chi connectivity index (χ1n) is 5.59. The highest BCUT2D eigenvalue weighted by atomic mass is 16.5. The first kappa shape index (κ1) is 13.4. The molecule has 1 unspecified atom stereocenters. The summed E-state index contributed by atoms with van der Waals surface area (Å²) in [5, 5.41) is 0. The van der Waals surface area contributed by atoms with E-state index in [0.29, 0.717) is 12.5 Å². The van der Waals surface area contributed by atoms with Crippen LogP contribution in [0.5, 0.6) is 12.0 Å². The van der Waals surface area contributed by atoms with Crippen LogP contribution in [0.1, 0.15) is 27.7 Å². The molecule has 0 saturated heterocycles. The molecule has 1 aromatic rings. The van der Waals surface area contributed by atoms with Crippen molar-refractivity contribution in [2.24, 2.45) is 11.8 Å². The van der Waals surface area contributed by atoms with E-state index in [1.807, 2.05) is 13.8 Å². The highest BCUT2D eigenvalue weighted by Gasteiger charge is 2.13. The second kappa shape index (κ2) is 6.19. The lowest BCUT2D eigenvalue weighted by Crippen LogP contribution is -2.21. The van der Waals surface area contributed by atoms with Crippen LogP contribution in [0.3, 0.4) is 0 Å². The molecule has 17 heavy (non-hydrogen) atoms. The van der Waals surface area contributed by atoms with Crippen LogP contribution in [0.15, 0.2) is 0 Å². The molecule has 0 bridgehead atoms. The molecule has 96 valence electrons. The summed E-state index contributed by atoms with van der Waals surface area (Å²) in [7, 11) is 0. The van der Waals surface area contributed by atoms with Gasteiger partial charge in [0.05, 0.1) is 6.61 Å². The van der Waals surface area contributed by atoms with Crippen LogP contribution in [-0.4, -0.2) is 27.7 Å². The number of rotatable bonds is 6. The van der Waals surface area contributed by atoms with Gasteiger partial charge in [0, 0.05) is 0 Å². The Labute approximate surface area is 101 Å². The number of hydrazine groups is 1. The predicted octanol–water partition coefficient (Wildman–Crippen LogP) is 0.979. The summed E-state index contributed by atoms with van der Waals surface area (Å²) in [6.45, 7) is 8.36. The van der Waals surface area contributed by atoms with Gasteiger partial charge in [0.25, 0.3) is 0 Å². The molecule has 0 radical (unpaired) electrons. The van der Waals surface area contributed by atoms with Crippen molar-refractivity contribution in [3.63, 3.8) is 0 Å². The fourth-order valence-electron chi connectivity index (χ4n) is 0.951. The Balaban J connectivity index is 2.86. The van der Waals surface area contributed by atoms with Gasteiger partial charge >= 0.3 is 12.0 Å². The molecule has 0 amide bonds. The predicted molar refractivity (Wildman–Crippen MR) is 63.7 cm³/mol. The summed E-state index contributed by atoms with van der Waals surface area (Å²) < 4.78 is 10.8. The zero-order valence-electron chi connectivity index (χ0n) is 10.6. The van der Waals surface area contributed by atoms with Crippen LogP contribution in [0.2, 0.25) is 0 Å². The highest BCUT2D eigenvalue weighted by Crippen LogP contribution is 2.15. The summed E-state index contributed by atoms with van der Waals surface area (Å²) in [6, 6.07) is 0.402. The average Bonchev–Trinajstić information content (AvgIpc) is 2.28. The van der Waals surface area contributed by atoms with Gasteiger partial charge in [-0.05, 0) is 19.8 Å². The van der Waals surface area contributed by atoms with E-state index in [-0.39, 0.29) is 24.1 Å². The number of hydrogen-bond donors (Lipinski definition) is 2. The molecule has 0 aliphatic carbocycles. The van der Waals surface area contributed by atoms with Crippen molar-refractivity contribution in [2.45, 2.75) is 33.8 Å². The van der Waals surface area contributed by atoms with Crippen molar-refractivity contribution in [3.8, 4) is 12.0 Å². The minimum absolute atomic E-state index is 0.00231. The van der Waals surface area contributed by atoms with Gasteiger partial charge in [-0.2, -0.15) is 9.97 Å². The Morgan fingerprint density at radius 2 is 1.82 bits per heavy atom. The van der Waals surface area contributed by atoms with Crippen molar-refractivity contribution in [3.05, 3.63) is 0 Å². The maximum Gasteiger partial charge on any atom is 0.324 e. The molecular formula is C10H19N5O2. The fourth-order valence-corrected chi connectivity index (χ4v) is 0.951. The largest absolute Gasteiger partial charge is 0.464 e. The van der Waals surface area contributed by atoms with Crippen molar-refractivity contribution >= 4 is 5.95 Å². The van der Waals surface area contributed by atoms with Crippen molar-refractivity contribution in [1.82, 2.24) is 15.0 Å². The topological polar surface area (TPSA) is 95.2 Å². The van der Waals surface area contributed by atoms with E-state index in [2.05, 4.69) is 34.2 Å². The molecule has 0 spiro atoms. The molecule has 1 rings (SSSR count). The lowest BCUT2D eigenvalue weighted by Gasteiger charge is -2.16. The molecule has 1 aromatic heterocycles. The van der Waals surface area contributed by atoms with Crippen molar-refractivity contribution < 1.29 is 9.47 Å². The van der Waals surface area contributed by atoms with Crippen LogP contribution in [0.25, 0.3) is 0 Å². The summed E-state index contributed by atoms with van der Waals surface area (Å²) in [6.07, 6.45) is -0.00231. The molecule has 0 fully saturated rings. The molecule has 0 saturated carbocycles. The van der Waals surface area contributed by atoms with Gasteiger partial charge in [0.2, 0.25) is 5.95 Å². The number of nitrogens with two attached hydrogens (primary N) is 1. The first-order chi connectivity index (χ1) is 8.06. The molecule has 0 aliphatic rings. The minimum Gasteiger partial charge on any atom is -0.464 e. The molecule has 7 heteroatoms. The molecule has 0 aliphatic heterocycles. The monoisotopic (exact) mass is 241 g/mol. The standard InChI is InChI=1S/C10H19N5O2/c1-5-16-9-12-8(15-11)13-10(14-9)17-7(4)6(2)3/h6-7H,5,11H2,1-4H3,(H,12,13,14,15). The van der Waals surface area contributed by atoms with Crippen LogP contribution in [0, 0.1) is 5.92 Å². The number of nitrogen functional groups attached to an aromatic ring is 1. The number of nitrogens with one attached hydrogen (secondary N) is 1. The molecule has 1 heterocycles. The summed E-state index contributed by atoms with van der Waals surface area (Å²) in [4.78, 5) is 12.0. The lowest BCUT2D eigenvalue weighted by molar-refractivity contribution is 0.152. The Bertz CT molecular complexity index is 359. The Kier molecular flexibility index (Phi) is 4.89. The van der Waals surface area contributed by atoms with E-state index >= 15 is 0 Å². The van der Waals surface area contributed by atoms with E-state index in [4.69, 9.17) is 15.3 Å². The number of aromatic nitrogens is 3. The maximum atomic E-state index is 5.57. The molecular weight excluding hydrogens is 222 g/mol. The number of anilines is 1. The van der Waals surface area contributed by atoms with E-state index in [1.165, 1.54) is 0 Å². The highest BCUT2D eigenvalue weighted by molar-refractivity contribution is 5.25. The first-order valence-corrected chi connectivity index (χ1v) is 5.59. The van der Waals surface area contributed by atoms with E-state index in [1.54, 1.807) is 0 Å². The lowest BCUT2D eigenvalue weighted by atomic mass is 10.1. The van der Waals surface area contributed by atoms with Crippen LogP contribution >= 0.6 is 0 Å². The second-order valence-electron chi connectivity index (χ2n) is 3.87. The Morgan fingerprint density at radius 1 is 1.18 bits per heavy atom. The average molecular weight is 241 g/mol. The van der Waals surface area contributed by atoms with E-state index < -0.39 is 0 Å². The summed E-state index contributed by atoms with van der Waals surface area (Å²) in [5.41, 5.74) is 2.35. The normalized spacial score (nSPS) is 12.4. The van der Waals surface area contributed by atoms with E-state index in [9.17, 15) is 0 Å². The molecule has 1 atom stereocenters. The third kappa shape index (κ3) is 4.03. The second-order valence-corrected chi connectivity index (χ2v) is 3.87.